The lowest BCUT2D eigenvalue weighted by Crippen LogP contribution is -2.40. The summed E-state index contributed by atoms with van der Waals surface area (Å²) in [5, 5.41) is 13.8. The number of aromatic carboxylic acids is 1. The van der Waals surface area contributed by atoms with Gasteiger partial charge in [-0.05, 0) is 18.6 Å². The zero-order valence-electron chi connectivity index (χ0n) is 11.3. The summed E-state index contributed by atoms with van der Waals surface area (Å²) in [6.07, 6.45) is 0.629. The number of rotatable bonds is 6. The number of carbonyl (C=O) groups is 2. The van der Waals surface area contributed by atoms with E-state index >= 15 is 0 Å². The molecule has 1 atom stereocenters. The van der Waals surface area contributed by atoms with Gasteiger partial charge in [-0.2, -0.15) is 0 Å². The summed E-state index contributed by atoms with van der Waals surface area (Å²) in [7, 11) is 1.50. The fourth-order valence-electron chi connectivity index (χ4n) is 1.63. The first-order valence-electron chi connectivity index (χ1n) is 6.07. The van der Waals surface area contributed by atoms with Gasteiger partial charge in [0.15, 0.2) is 0 Å². The lowest BCUT2D eigenvalue weighted by atomic mass is 10.1. The van der Waals surface area contributed by atoms with Gasteiger partial charge in [-0.1, -0.05) is 13.0 Å². The van der Waals surface area contributed by atoms with E-state index in [4.69, 9.17) is 9.84 Å². The van der Waals surface area contributed by atoms with E-state index in [0.717, 1.165) is 6.07 Å². The van der Waals surface area contributed by atoms with E-state index in [-0.39, 0.29) is 17.3 Å². The Labute approximate surface area is 115 Å². The molecule has 3 N–H and O–H groups in total. The number of carbonyl (C=O) groups excluding carboxylic acids is 1. The SMILES string of the molecule is CCC(COC)NC(=O)Nc1c(F)cccc1C(=O)O. The summed E-state index contributed by atoms with van der Waals surface area (Å²) in [5.41, 5.74) is -0.662. The van der Waals surface area contributed by atoms with Crippen LogP contribution in [-0.2, 0) is 4.74 Å². The number of benzene rings is 1. The van der Waals surface area contributed by atoms with Crippen molar-refractivity contribution in [2.75, 3.05) is 19.0 Å². The van der Waals surface area contributed by atoms with E-state index in [1.54, 1.807) is 0 Å². The van der Waals surface area contributed by atoms with Gasteiger partial charge in [0.05, 0.1) is 23.9 Å². The average molecular weight is 284 g/mol. The minimum Gasteiger partial charge on any atom is -0.478 e. The summed E-state index contributed by atoms with van der Waals surface area (Å²) < 4.78 is 18.5. The fourth-order valence-corrected chi connectivity index (χ4v) is 1.63. The van der Waals surface area contributed by atoms with Crippen molar-refractivity contribution in [3.63, 3.8) is 0 Å². The number of hydrogen-bond donors (Lipinski definition) is 3. The topological polar surface area (TPSA) is 87.7 Å². The molecule has 110 valence electrons. The number of halogens is 1. The van der Waals surface area contributed by atoms with Crippen LogP contribution in [0.3, 0.4) is 0 Å². The molecule has 0 saturated carbocycles. The van der Waals surface area contributed by atoms with Crippen molar-refractivity contribution in [2.24, 2.45) is 0 Å². The molecular weight excluding hydrogens is 267 g/mol. The van der Waals surface area contributed by atoms with Gasteiger partial charge in [0.2, 0.25) is 0 Å². The largest absolute Gasteiger partial charge is 0.478 e. The van der Waals surface area contributed by atoms with Gasteiger partial charge in [-0.3, -0.25) is 0 Å². The third-order valence-electron chi connectivity index (χ3n) is 2.68. The number of carboxylic acids is 1. The van der Waals surface area contributed by atoms with Crippen molar-refractivity contribution < 1.29 is 23.8 Å². The molecular formula is C13H17FN2O4. The highest BCUT2D eigenvalue weighted by Gasteiger charge is 2.17. The number of carboxylic acid groups (broad SMARTS) is 1. The van der Waals surface area contributed by atoms with Crippen molar-refractivity contribution in [1.82, 2.24) is 5.32 Å². The number of amides is 2. The van der Waals surface area contributed by atoms with Crippen LogP contribution in [0.25, 0.3) is 0 Å². The molecule has 0 radical (unpaired) electrons. The lowest BCUT2D eigenvalue weighted by Gasteiger charge is -2.17. The predicted molar refractivity (Wildman–Crippen MR) is 71.5 cm³/mol. The molecule has 1 rings (SSSR count). The summed E-state index contributed by atoms with van der Waals surface area (Å²) >= 11 is 0. The van der Waals surface area contributed by atoms with Gasteiger partial charge < -0.3 is 20.5 Å². The molecule has 2 amide bonds. The molecule has 0 aromatic heterocycles. The van der Waals surface area contributed by atoms with E-state index in [1.165, 1.54) is 19.2 Å². The Hall–Kier alpha value is -2.15. The van der Waals surface area contributed by atoms with E-state index in [0.29, 0.717) is 13.0 Å². The van der Waals surface area contributed by atoms with Crippen LogP contribution in [-0.4, -0.2) is 36.9 Å². The van der Waals surface area contributed by atoms with Crippen LogP contribution in [0, 0.1) is 5.82 Å². The lowest BCUT2D eigenvalue weighted by molar-refractivity contribution is 0.0697. The molecule has 7 heteroatoms. The molecule has 0 fully saturated rings. The summed E-state index contributed by atoms with van der Waals surface area (Å²) in [5.74, 6) is -2.12. The highest BCUT2D eigenvalue weighted by atomic mass is 19.1. The van der Waals surface area contributed by atoms with Crippen LogP contribution in [0.2, 0.25) is 0 Å². The Morgan fingerprint density at radius 2 is 2.15 bits per heavy atom. The number of methoxy groups -OCH3 is 1. The Morgan fingerprint density at radius 1 is 1.45 bits per heavy atom. The third-order valence-corrected chi connectivity index (χ3v) is 2.68. The molecule has 0 aliphatic heterocycles. The summed E-state index contributed by atoms with van der Waals surface area (Å²) in [6, 6.07) is 2.64. The second-order valence-electron chi connectivity index (χ2n) is 4.13. The number of urea groups is 1. The maximum absolute atomic E-state index is 13.6. The second-order valence-corrected chi connectivity index (χ2v) is 4.13. The first-order chi connectivity index (χ1) is 9.49. The first-order valence-corrected chi connectivity index (χ1v) is 6.07. The van der Waals surface area contributed by atoms with Gasteiger partial charge in [0.25, 0.3) is 0 Å². The molecule has 0 heterocycles. The quantitative estimate of drug-likeness (QED) is 0.746. The summed E-state index contributed by atoms with van der Waals surface area (Å²) in [4.78, 5) is 22.7. The number of hydrogen-bond acceptors (Lipinski definition) is 3. The van der Waals surface area contributed by atoms with Gasteiger partial charge in [-0.15, -0.1) is 0 Å². The summed E-state index contributed by atoms with van der Waals surface area (Å²) in [6.45, 7) is 2.17. The fraction of sp³-hybridized carbons (Fsp3) is 0.385. The van der Waals surface area contributed by atoms with Gasteiger partial charge >= 0.3 is 12.0 Å². The van der Waals surface area contributed by atoms with E-state index in [2.05, 4.69) is 10.6 Å². The third kappa shape index (κ3) is 4.20. The van der Waals surface area contributed by atoms with Crippen LogP contribution in [0.5, 0.6) is 0 Å². The van der Waals surface area contributed by atoms with Crippen molar-refractivity contribution in [3.05, 3.63) is 29.6 Å². The Balaban J connectivity index is 2.82. The molecule has 1 aromatic carbocycles. The molecule has 1 aromatic rings. The van der Waals surface area contributed by atoms with E-state index in [9.17, 15) is 14.0 Å². The molecule has 6 nitrogen and oxygen atoms in total. The Kier molecular flexibility index (Phi) is 5.92. The minimum absolute atomic E-state index is 0.236. The van der Waals surface area contributed by atoms with Crippen LogP contribution >= 0.6 is 0 Å². The second kappa shape index (κ2) is 7.44. The molecule has 20 heavy (non-hydrogen) atoms. The number of ether oxygens (including phenoxy) is 1. The van der Waals surface area contributed by atoms with Gasteiger partial charge in [0, 0.05) is 7.11 Å². The van der Waals surface area contributed by atoms with E-state index in [1.807, 2.05) is 6.92 Å². The number of para-hydroxylation sites is 1. The first kappa shape index (κ1) is 15.9. The predicted octanol–water partition coefficient (Wildman–Crippen LogP) is 2.07. The van der Waals surface area contributed by atoms with Crippen molar-refractivity contribution in [2.45, 2.75) is 19.4 Å². The van der Waals surface area contributed by atoms with Crippen molar-refractivity contribution >= 4 is 17.7 Å². The molecule has 0 aliphatic rings. The average Bonchev–Trinajstić information content (AvgIpc) is 2.40. The van der Waals surface area contributed by atoms with Crippen LogP contribution < -0.4 is 10.6 Å². The number of anilines is 1. The van der Waals surface area contributed by atoms with E-state index < -0.39 is 17.8 Å². The standard InChI is InChI=1S/C13H17FN2O4/c1-3-8(7-20-2)15-13(19)16-11-9(12(17)18)5-4-6-10(11)14/h4-6,8H,3,7H2,1-2H3,(H,17,18)(H2,15,16,19). The van der Waals surface area contributed by atoms with Crippen LogP contribution in [0.1, 0.15) is 23.7 Å². The molecule has 0 bridgehead atoms. The van der Waals surface area contributed by atoms with Gasteiger partial charge in [0.1, 0.15) is 5.82 Å². The zero-order chi connectivity index (χ0) is 15.1. The van der Waals surface area contributed by atoms with Crippen molar-refractivity contribution in [1.29, 1.82) is 0 Å². The molecule has 1 unspecified atom stereocenters. The zero-order valence-corrected chi connectivity index (χ0v) is 11.3. The maximum Gasteiger partial charge on any atom is 0.337 e. The normalized spacial score (nSPS) is 11.8. The Morgan fingerprint density at radius 3 is 2.70 bits per heavy atom. The monoisotopic (exact) mass is 284 g/mol. The minimum atomic E-state index is -1.32. The van der Waals surface area contributed by atoms with Gasteiger partial charge in [-0.25, -0.2) is 14.0 Å². The molecule has 0 aliphatic carbocycles. The van der Waals surface area contributed by atoms with Crippen molar-refractivity contribution in [3.8, 4) is 0 Å². The number of nitrogens with one attached hydrogen (secondary N) is 2. The maximum atomic E-state index is 13.6. The van der Waals surface area contributed by atoms with Crippen LogP contribution in [0.15, 0.2) is 18.2 Å². The smallest absolute Gasteiger partial charge is 0.337 e. The highest BCUT2D eigenvalue weighted by Crippen LogP contribution is 2.19. The highest BCUT2D eigenvalue weighted by molar-refractivity contribution is 6.00. The molecule has 0 spiro atoms. The Bertz CT molecular complexity index is 493. The molecule has 0 saturated heterocycles. The van der Waals surface area contributed by atoms with Crippen LogP contribution in [0.4, 0.5) is 14.9 Å².